The van der Waals surface area contributed by atoms with Crippen LogP contribution in [0.15, 0.2) is 64.6 Å². The summed E-state index contributed by atoms with van der Waals surface area (Å²) in [5, 5.41) is 0.475. The second kappa shape index (κ2) is 6.33. The van der Waals surface area contributed by atoms with E-state index >= 15 is 0 Å². The molecule has 29 heavy (non-hydrogen) atoms. The number of hydrogen-bond donors (Lipinski definition) is 0. The summed E-state index contributed by atoms with van der Waals surface area (Å²) in [5.41, 5.74) is 5.32. The maximum absolute atomic E-state index is 12.8. The molecule has 5 rings (SSSR count). The molecular formula is C24H16ClNO3. The Balaban J connectivity index is 1.56. The third kappa shape index (κ3) is 2.68. The molecule has 0 saturated carbocycles. The maximum atomic E-state index is 12.8. The summed E-state index contributed by atoms with van der Waals surface area (Å²) in [5.74, 6) is -0.148. The molecule has 2 heterocycles. The largest absolute Gasteiger partial charge is 0.455 e. The number of carbonyl (C=O) groups is 2. The van der Waals surface area contributed by atoms with E-state index in [0.717, 1.165) is 22.3 Å². The zero-order valence-corrected chi connectivity index (χ0v) is 16.6. The van der Waals surface area contributed by atoms with Crippen LogP contribution >= 0.6 is 11.6 Å². The lowest BCUT2D eigenvalue weighted by molar-refractivity contribution is 0.0990. The van der Waals surface area contributed by atoms with Crippen molar-refractivity contribution in [1.29, 1.82) is 0 Å². The summed E-state index contributed by atoms with van der Waals surface area (Å²) in [6.45, 7) is 1.81. The molecule has 0 fully saturated rings. The zero-order valence-electron chi connectivity index (χ0n) is 15.8. The number of Topliss-reactive ketones (excluding diaryl/α,β-unsaturated/α-hetero) is 2. The minimum absolute atomic E-state index is 0.101. The molecule has 0 atom stereocenters. The van der Waals surface area contributed by atoms with E-state index in [1.165, 1.54) is 6.08 Å². The summed E-state index contributed by atoms with van der Waals surface area (Å²) in [7, 11) is 1.96. The average molecular weight is 402 g/mol. The normalized spacial score (nSPS) is 14.9. The number of aryl methyl sites for hydroxylation is 2. The van der Waals surface area contributed by atoms with Crippen LogP contribution in [0.5, 0.6) is 0 Å². The number of benzene rings is 2. The van der Waals surface area contributed by atoms with E-state index < -0.39 is 0 Å². The van der Waals surface area contributed by atoms with Crippen LogP contribution in [-0.2, 0) is 7.05 Å². The van der Waals surface area contributed by atoms with Crippen molar-refractivity contribution in [2.45, 2.75) is 6.92 Å². The van der Waals surface area contributed by atoms with Gasteiger partial charge in [0.1, 0.15) is 5.76 Å². The highest BCUT2D eigenvalue weighted by Crippen LogP contribution is 2.34. The summed E-state index contributed by atoms with van der Waals surface area (Å²) in [6, 6.07) is 17.1. The zero-order chi connectivity index (χ0) is 20.3. The fourth-order valence-corrected chi connectivity index (χ4v) is 3.98. The Morgan fingerprint density at radius 1 is 0.966 bits per heavy atom. The Labute approximate surface area is 172 Å². The van der Waals surface area contributed by atoms with E-state index in [1.54, 1.807) is 12.1 Å². The van der Waals surface area contributed by atoms with Gasteiger partial charge in [-0.2, -0.15) is 0 Å². The number of carbonyl (C=O) groups excluding carboxylic acids is 2. The molecule has 0 bridgehead atoms. The molecule has 0 N–H and O–H groups in total. The van der Waals surface area contributed by atoms with Crippen LogP contribution in [0.4, 0.5) is 0 Å². The van der Waals surface area contributed by atoms with Gasteiger partial charge in [0.15, 0.2) is 17.1 Å². The monoisotopic (exact) mass is 401 g/mol. The van der Waals surface area contributed by atoms with Crippen LogP contribution in [0.3, 0.4) is 0 Å². The van der Waals surface area contributed by atoms with Gasteiger partial charge in [0.25, 0.3) is 0 Å². The van der Waals surface area contributed by atoms with Crippen LogP contribution in [0, 0.1) is 6.92 Å². The molecule has 142 valence electrons. The van der Waals surface area contributed by atoms with Gasteiger partial charge in [-0.05, 0) is 36.3 Å². The standard InChI is InChI=1S/C24H16ClNO3/c1-13-8-16-17(11-19(13)25)24(28)18(23(16)27)9-15-10-21-22(29-15)12-20(26(21)2)14-6-4-3-5-7-14/h3-12H,1-2H3/b18-9-. The SMILES string of the molecule is Cc1cc2c(cc1Cl)C(=O)/C(=C\c1cc3c(cc(-c4ccccc4)n3C)o1)C2=O. The summed E-state index contributed by atoms with van der Waals surface area (Å²) < 4.78 is 7.96. The number of furan rings is 1. The molecule has 2 aromatic carbocycles. The predicted molar refractivity (Wildman–Crippen MR) is 113 cm³/mol. The van der Waals surface area contributed by atoms with Crippen molar-refractivity contribution in [3.63, 3.8) is 0 Å². The Kier molecular flexibility index (Phi) is 3.86. The van der Waals surface area contributed by atoms with E-state index in [9.17, 15) is 9.59 Å². The number of fused-ring (bicyclic) bond motifs is 2. The van der Waals surface area contributed by atoms with E-state index in [1.807, 2.05) is 61.0 Å². The minimum atomic E-state index is -0.322. The van der Waals surface area contributed by atoms with Gasteiger partial charge in [0.05, 0.1) is 16.8 Å². The third-order valence-corrected chi connectivity index (χ3v) is 5.79. The van der Waals surface area contributed by atoms with Gasteiger partial charge < -0.3 is 8.98 Å². The van der Waals surface area contributed by atoms with Gasteiger partial charge in [-0.3, -0.25) is 9.59 Å². The molecule has 4 aromatic rings. The summed E-state index contributed by atoms with van der Waals surface area (Å²) in [4.78, 5) is 25.5. The van der Waals surface area contributed by atoms with Gasteiger partial charge in [0.2, 0.25) is 0 Å². The molecule has 0 saturated heterocycles. The lowest BCUT2D eigenvalue weighted by Crippen LogP contribution is -1.99. The topological polar surface area (TPSA) is 52.2 Å². The Bertz CT molecular complexity index is 1310. The van der Waals surface area contributed by atoms with Crippen LogP contribution in [-0.4, -0.2) is 16.1 Å². The first-order chi connectivity index (χ1) is 13.9. The molecular weight excluding hydrogens is 386 g/mol. The number of allylic oxidation sites excluding steroid dienone is 1. The second-order valence-corrected chi connectivity index (χ2v) is 7.62. The van der Waals surface area contributed by atoms with Crippen LogP contribution < -0.4 is 0 Å². The third-order valence-electron chi connectivity index (χ3n) is 5.38. The fraction of sp³-hybridized carbons (Fsp3) is 0.0833. The van der Waals surface area contributed by atoms with Crippen molar-refractivity contribution in [3.8, 4) is 11.3 Å². The van der Waals surface area contributed by atoms with Gasteiger partial charge in [-0.25, -0.2) is 0 Å². The molecule has 4 nitrogen and oxygen atoms in total. The Morgan fingerprint density at radius 3 is 2.34 bits per heavy atom. The number of aromatic nitrogens is 1. The van der Waals surface area contributed by atoms with E-state index in [2.05, 4.69) is 0 Å². The van der Waals surface area contributed by atoms with Crippen LogP contribution in [0.2, 0.25) is 5.02 Å². The first kappa shape index (κ1) is 17.7. The number of rotatable bonds is 2. The van der Waals surface area contributed by atoms with Crippen molar-refractivity contribution in [2.75, 3.05) is 0 Å². The smallest absolute Gasteiger partial charge is 0.197 e. The quantitative estimate of drug-likeness (QED) is 0.312. The molecule has 0 radical (unpaired) electrons. The van der Waals surface area contributed by atoms with Crippen molar-refractivity contribution in [1.82, 2.24) is 4.57 Å². The van der Waals surface area contributed by atoms with Crippen molar-refractivity contribution in [2.24, 2.45) is 7.05 Å². The molecule has 0 unspecified atom stereocenters. The lowest BCUT2D eigenvalue weighted by atomic mass is 10.1. The summed E-state index contributed by atoms with van der Waals surface area (Å²) >= 11 is 6.13. The molecule has 1 aliphatic carbocycles. The Hall–Kier alpha value is -3.37. The highest BCUT2D eigenvalue weighted by Gasteiger charge is 2.34. The second-order valence-electron chi connectivity index (χ2n) is 7.22. The minimum Gasteiger partial charge on any atom is -0.455 e. The van der Waals surface area contributed by atoms with Gasteiger partial charge in [-0.15, -0.1) is 0 Å². The van der Waals surface area contributed by atoms with Crippen LogP contribution in [0.1, 0.15) is 32.0 Å². The summed E-state index contributed by atoms with van der Waals surface area (Å²) in [6.07, 6.45) is 1.52. The first-order valence-electron chi connectivity index (χ1n) is 9.20. The van der Waals surface area contributed by atoms with Gasteiger partial charge >= 0.3 is 0 Å². The number of ketones is 2. The average Bonchev–Trinajstić information content (AvgIpc) is 3.32. The highest BCUT2D eigenvalue weighted by molar-refractivity contribution is 6.42. The molecule has 0 amide bonds. The highest BCUT2D eigenvalue weighted by atomic mass is 35.5. The Morgan fingerprint density at radius 2 is 1.66 bits per heavy atom. The molecule has 0 spiro atoms. The number of halogens is 1. The molecule has 5 heteroatoms. The van der Waals surface area contributed by atoms with Gasteiger partial charge in [-0.1, -0.05) is 41.9 Å². The number of nitrogens with zero attached hydrogens (tertiary/aromatic N) is 1. The molecule has 1 aliphatic rings. The molecule has 0 aliphatic heterocycles. The van der Waals surface area contributed by atoms with E-state index in [-0.39, 0.29) is 17.1 Å². The van der Waals surface area contributed by atoms with Gasteiger partial charge in [0, 0.05) is 35.3 Å². The molecule has 2 aromatic heterocycles. The predicted octanol–water partition coefficient (Wildman–Crippen LogP) is 5.86. The maximum Gasteiger partial charge on any atom is 0.197 e. The van der Waals surface area contributed by atoms with Crippen molar-refractivity contribution < 1.29 is 14.0 Å². The van der Waals surface area contributed by atoms with E-state index in [0.29, 0.717) is 27.5 Å². The lowest BCUT2D eigenvalue weighted by Gasteiger charge is -2.03. The first-order valence-corrected chi connectivity index (χ1v) is 9.58. The fourth-order valence-electron chi connectivity index (χ4n) is 3.81. The van der Waals surface area contributed by atoms with Crippen molar-refractivity contribution in [3.05, 3.63) is 87.6 Å². The van der Waals surface area contributed by atoms with E-state index in [4.69, 9.17) is 16.0 Å². The van der Waals surface area contributed by atoms with Crippen molar-refractivity contribution >= 4 is 40.3 Å². The van der Waals surface area contributed by atoms with Crippen LogP contribution in [0.25, 0.3) is 28.4 Å². The number of hydrogen-bond acceptors (Lipinski definition) is 3.